The van der Waals surface area contributed by atoms with E-state index >= 15 is 0 Å². The molecule has 1 aromatic heterocycles. The van der Waals surface area contributed by atoms with Gasteiger partial charge in [-0.05, 0) is 24.1 Å². The van der Waals surface area contributed by atoms with Gasteiger partial charge in [-0.2, -0.15) is 0 Å². The summed E-state index contributed by atoms with van der Waals surface area (Å²) in [5.41, 5.74) is 16.1. The quantitative estimate of drug-likeness (QED) is 0.449. The maximum atomic E-state index is 8.04. The Morgan fingerprint density at radius 1 is 1.71 bits per heavy atom. The summed E-state index contributed by atoms with van der Waals surface area (Å²) in [7, 11) is 0. The van der Waals surface area contributed by atoms with Crippen molar-refractivity contribution in [1.82, 2.24) is 4.98 Å². The third-order valence-corrected chi connectivity index (χ3v) is 1.71. The Hall–Kier alpha value is -2.00. The minimum Gasteiger partial charge on any atom is -0.397 e. The van der Waals surface area contributed by atoms with Crippen molar-refractivity contribution in [2.24, 2.45) is 5.11 Å². The van der Waals surface area contributed by atoms with Crippen LogP contribution in [0.3, 0.4) is 0 Å². The molecule has 14 heavy (non-hydrogen) atoms. The summed E-state index contributed by atoms with van der Waals surface area (Å²) >= 11 is 0. The Kier molecular flexibility index (Phi) is 3.52. The van der Waals surface area contributed by atoms with Gasteiger partial charge in [0, 0.05) is 17.7 Å². The van der Waals surface area contributed by atoms with E-state index in [-0.39, 0.29) is 0 Å². The van der Waals surface area contributed by atoms with Crippen molar-refractivity contribution in [3.8, 4) is 0 Å². The lowest BCUT2D eigenvalue weighted by atomic mass is 10.2. The van der Waals surface area contributed by atoms with Crippen LogP contribution in [-0.4, -0.2) is 11.5 Å². The third-order valence-electron chi connectivity index (χ3n) is 1.71. The first-order valence-corrected chi connectivity index (χ1v) is 4.13. The highest BCUT2D eigenvalue weighted by atomic mass is 15.1. The van der Waals surface area contributed by atoms with Gasteiger partial charge in [-0.1, -0.05) is 17.3 Å². The molecule has 1 rings (SSSR count). The van der Waals surface area contributed by atoms with Gasteiger partial charge in [-0.15, -0.1) is 0 Å². The molecule has 2 N–H and O–H groups in total. The summed E-state index contributed by atoms with van der Waals surface area (Å²) in [4.78, 5) is 6.73. The van der Waals surface area contributed by atoms with Gasteiger partial charge >= 0.3 is 0 Å². The van der Waals surface area contributed by atoms with Crippen LogP contribution in [0.5, 0.6) is 0 Å². The SMILES string of the molecule is Cc1ncc(C=CCN=[N+]=[N-])cc1N. The summed E-state index contributed by atoms with van der Waals surface area (Å²) in [6.45, 7) is 2.19. The molecule has 0 aromatic carbocycles. The fourth-order valence-corrected chi connectivity index (χ4v) is 0.931. The highest BCUT2D eigenvalue weighted by molar-refractivity contribution is 5.55. The molecule has 5 heteroatoms. The summed E-state index contributed by atoms with van der Waals surface area (Å²) in [6.07, 6.45) is 5.29. The summed E-state index contributed by atoms with van der Waals surface area (Å²) in [5.74, 6) is 0. The molecule has 0 aliphatic rings. The van der Waals surface area contributed by atoms with Crippen molar-refractivity contribution < 1.29 is 0 Å². The van der Waals surface area contributed by atoms with E-state index in [1.54, 1.807) is 12.3 Å². The molecule has 0 fully saturated rings. The molecule has 0 saturated carbocycles. The summed E-state index contributed by atoms with van der Waals surface area (Å²) in [6, 6.07) is 1.83. The van der Waals surface area contributed by atoms with E-state index in [9.17, 15) is 0 Å². The first-order chi connectivity index (χ1) is 6.74. The van der Waals surface area contributed by atoms with E-state index in [1.807, 2.05) is 19.1 Å². The number of aryl methyl sites for hydroxylation is 1. The molecule has 5 nitrogen and oxygen atoms in total. The van der Waals surface area contributed by atoms with Crippen molar-refractivity contribution in [2.45, 2.75) is 6.92 Å². The Morgan fingerprint density at radius 3 is 3.14 bits per heavy atom. The van der Waals surface area contributed by atoms with E-state index in [1.165, 1.54) is 0 Å². The lowest BCUT2D eigenvalue weighted by Crippen LogP contribution is -1.92. The average Bonchev–Trinajstić information content (AvgIpc) is 2.18. The van der Waals surface area contributed by atoms with E-state index in [0.717, 1.165) is 11.3 Å². The van der Waals surface area contributed by atoms with Crippen molar-refractivity contribution in [3.63, 3.8) is 0 Å². The van der Waals surface area contributed by atoms with Crippen LogP contribution in [0.1, 0.15) is 11.3 Å². The first kappa shape index (κ1) is 10.1. The Balaban J connectivity index is 2.72. The van der Waals surface area contributed by atoms with E-state index in [4.69, 9.17) is 11.3 Å². The second-order valence-corrected chi connectivity index (χ2v) is 2.76. The average molecular weight is 189 g/mol. The number of nitrogens with zero attached hydrogens (tertiary/aromatic N) is 4. The lowest BCUT2D eigenvalue weighted by molar-refractivity contribution is 1.19. The number of nitrogen functional groups attached to an aromatic ring is 1. The zero-order valence-electron chi connectivity index (χ0n) is 7.88. The molecule has 1 aromatic rings. The zero-order chi connectivity index (χ0) is 10.4. The summed E-state index contributed by atoms with van der Waals surface area (Å²) < 4.78 is 0. The molecule has 72 valence electrons. The normalized spacial score (nSPS) is 10.1. The van der Waals surface area contributed by atoms with Crippen molar-refractivity contribution in [1.29, 1.82) is 0 Å². The van der Waals surface area contributed by atoms with Gasteiger partial charge in [0.1, 0.15) is 0 Å². The number of azide groups is 1. The molecule has 0 atom stereocenters. The maximum absolute atomic E-state index is 8.04. The van der Waals surface area contributed by atoms with Gasteiger partial charge in [-0.25, -0.2) is 0 Å². The lowest BCUT2D eigenvalue weighted by Gasteiger charge is -1.99. The molecule has 0 aliphatic carbocycles. The largest absolute Gasteiger partial charge is 0.397 e. The van der Waals surface area contributed by atoms with Crippen LogP contribution in [0.4, 0.5) is 5.69 Å². The summed E-state index contributed by atoms with van der Waals surface area (Å²) in [5, 5.41) is 3.37. The molecule has 1 heterocycles. The van der Waals surface area contributed by atoms with E-state index < -0.39 is 0 Å². The standard InChI is InChI=1S/C9H11N5/c1-7-9(10)5-8(6-12-7)3-2-4-13-14-11/h2-3,5-6H,4,10H2,1H3. The second kappa shape index (κ2) is 4.89. The van der Waals surface area contributed by atoms with Crippen LogP contribution in [0, 0.1) is 6.92 Å². The predicted octanol–water partition coefficient (Wildman–Crippen LogP) is 2.30. The van der Waals surface area contributed by atoms with Crippen LogP contribution >= 0.6 is 0 Å². The van der Waals surface area contributed by atoms with Crippen molar-refractivity contribution >= 4 is 11.8 Å². The molecule has 0 saturated heterocycles. The van der Waals surface area contributed by atoms with Crippen LogP contribution in [0.2, 0.25) is 0 Å². The van der Waals surface area contributed by atoms with Crippen LogP contribution in [0.15, 0.2) is 23.5 Å². The van der Waals surface area contributed by atoms with Gasteiger partial charge in [0.2, 0.25) is 0 Å². The van der Waals surface area contributed by atoms with Gasteiger partial charge in [0.15, 0.2) is 0 Å². The van der Waals surface area contributed by atoms with Crippen LogP contribution in [0.25, 0.3) is 16.5 Å². The molecule has 0 spiro atoms. The molecular weight excluding hydrogens is 178 g/mol. The molecule has 0 amide bonds. The highest BCUT2D eigenvalue weighted by Gasteiger charge is 1.93. The monoisotopic (exact) mass is 189 g/mol. The second-order valence-electron chi connectivity index (χ2n) is 2.76. The van der Waals surface area contributed by atoms with Gasteiger partial charge in [0.25, 0.3) is 0 Å². The Labute approximate surface area is 81.9 Å². The number of rotatable bonds is 3. The number of aromatic nitrogens is 1. The van der Waals surface area contributed by atoms with Gasteiger partial charge < -0.3 is 5.73 Å². The van der Waals surface area contributed by atoms with Crippen LogP contribution in [-0.2, 0) is 0 Å². The number of nitrogens with two attached hydrogens (primary N) is 1. The van der Waals surface area contributed by atoms with E-state index in [0.29, 0.717) is 12.2 Å². The molecular formula is C9H11N5. The fraction of sp³-hybridized carbons (Fsp3) is 0.222. The molecule has 0 unspecified atom stereocenters. The van der Waals surface area contributed by atoms with Gasteiger partial charge in [0.05, 0.1) is 11.4 Å². The minimum atomic E-state index is 0.338. The maximum Gasteiger partial charge on any atom is 0.0602 e. The topological polar surface area (TPSA) is 87.7 Å². The number of anilines is 1. The number of hydrogen-bond acceptors (Lipinski definition) is 3. The number of pyridine rings is 1. The molecule has 0 radical (unpaired) electrons. The van der Waals surface area contributed by atoms with Gasteiger partial charge in [-0.3, -0.25) is 4.98 Å². The molecule has 0 bridgehead atoms. The Bertz CT molecular complexity index is 390. The molecule has 0 aliphatic heterocycles. The first-order valence-electron chi connectivity index (χ1n) is 4.13. The smallest absolute Gasteiger partial charge is 0.0602 e. The van der Waals surface area contributed by atoms with Crippen LogP contribution < -0.4 is 5.73 Å². The van der Waals surface area contributed by atoms with Crippen molar-refractivity contribution in [3.05, 3.63) is 40.0 Å². The number of hydrogen-bond donors (Lipinski definition) is 1. The van der Waals surface area contributed by atoms with E-state index in [2.05, 4.69) is 15.0 Å². The fourth-order valence-electron chi connectivity index (χ4n) is 0.931. The van der Waals surface area contributed by atoms with Crippen molar-refractivity contribution in [2.75, 3.05) is 12.3 Å². The minimum absolute atomic E-state index is 0.338. The Morgan fingerprint density at radius 2 is 2.50 bits per heavy atom. The predicted molar refractivity (Wildman–Crippen MR) is 56.4 cm³/mol. The third kappa shape index (κ3) is 2.80. The highest BCUT2D eigenvalue weighted by Crippen LogP contribution is 2.10. The zero-order valence-corrected chi connectivity index (χ0v) is 7.88.